The second-order valence-electron chi connectivity index (χ2n) is 8.64. The molecule has 0 unspecified atom stereocenters. The second-order valence-corrected chi connectivity index (χ2v) is 8.64. The van der Waals surface area contributed by atoms with Gasteiger partial charge in [-0.15, -0.1) is 0 Å². The zero-order valence-electron chi connectivity index (χ0n) is 16.6. The zero-order chi connectivity index (χ0) is 19.8. The largest absolute Gasteiger partial charge is 0.241 e. The smallest absolute Gasteiger partial charge is 0.163 e. The van der Waals surface area contributed by atoms with Crippen molar-refractivity contribution in [2.24, 2.45) is 0 Å². The molecule has 0 N–H and O–H groups in total. The topological polar surface area (TPSA) is 80.3 Å². The summed E-state index contributed by atoms with van der Waals surface area (Å²) >= 11 is 0. The fourth-order valence-electron chi connectivity index (χ4n) is 2.53. The Bertz CT molecular complexity index is 966. The van der Waals surface area contributed by atoms with Crippen molar-refractivity contribution in [3.63, 3.8) is 0 Å². The van der Waals surface area contributed by atoms with Crippen molar-refractivity contribution in [3.05, 3.63) is 53.9 Å². The van der Waals surface area contributed by atoms with E-state index in [1.54, 1.807) is 23.0 Å². The Balaban J connectivity index is 2.24. The lowest BCUT2D eigenvalue weighted by atomic mass is 9.93. The third-order valence-electron chi connectivity index (χ3n) is 4.05. The standard InChI is InChI=1S/C21H24N6/c1-20(2,3)18-24-17(25-19(26-18)21(4,5)6)15-10-14(13-22)11-16(12-15)27-9-7-8-23-27/h7-12H,1-6H3. The molecule has 0 aliphatic rings. The summed E-state index contributed by atoms with van der Waals surface area (Å²) < 4.78 is 1.72. The minimum atomic E-state index is -0.213. The Morgan fingerprint density at radius 3 is 2.00 bits per heavy atom. The van der Waals surface area contributed by atoms with Gasteiger partial charge in [-0.05, 0) is 24.3 Å². The summed E-state index contributed by atoms with van der Waals surface area (Å²) in [5.74, 6) is 2.05. The van der Waals surface area contributed by atoms with Gasteiger partial charge >= 0.3 is 0 Å². The molecule has 2 heterocycles. The zero-order valence-corrected chi connectivity index (χ0v) is 16.6. The first kappa shape index (κ1) is 18.7. The van der Waals surface area contributed by atoms with E-state index in [9.17, 15) is 5.26 Å². The molecule has 0 atom stereocenters. The van der Waals surface area contributed by atoms with E-state index in [4.69, 9.17) is 15.0 Å². The van der Waals surface area contributed by atoms with Crippen molar-refractivity contribution in [2.75, 3.05) is 0 Å². The van der Waals surface area contributed by atoms with Crippen LogP contribution in [0, 0.1) is 11.3 Å². The van der Waals surface area contributed by atoms with Gasteiger partial charge in [0, 0.05) is 28.8 Å². The molecule has 138 valence electrons. The summed E-state index contributed by atoms with van der Waals surface area (Å²) in [6, 6.07) is 9.61. The number of nitriles is 1. The number of hydrogen-bond acceptors (Lipinski definition) is 5. The number of benzene rings is 1. The molecule has 27 heavy (non-hydrogen) atoms. The highest BCUT2D eigenvalue weighted by molar-refractivity contribution is 5.62. The Labute approximate surface area is 159 Å². The van der Waals surface area contributed by atoms with E-state index >= 15 is 0 Å². The molecule has 3 rings (SSSR count). The second kappa shape index (κ2) is 6.58. The van der Waals surface area contributed by atoms with Gasteiger partial charge in [0.05, 0.1) is 17.3 Å². The molecule has 0 aliphatic heterocycles. The van der Waals surface area contributed by atoms with Gasteiger partial charge in [0.2, 0.25) is 0 Å². The van der Waals surface area contributed by atoms with E-state index in [2.05, 4.69) is 52.7 Å². The van der Waals surface area contributed by atoms with E-state index in [-0.39, 0.29) is 10.8 Å². The molecule has 0 bridgehead atoms. The molecule has 1 aromatic carbocycles. The Morgan fingerprint density at radius 2 is 1.52 bits per heavy atom. The van der Waals surface area contributed by atoms with Crippen molar-refractivity contribution in [3.8, 4) is 23.1 Å². The summed E-state index contributed by atoms with van der Waals surface area (Å²) in [4.78, 5) is 14.2. The van der Waals surface area contributed by atoms with Gasteiger partial charge in [0.25, 0.3) is 0 Å². The third kappa shape index (κ3) is 4.03. The number of hydrogen-bond donors (Lipinski definition) is 0. The molecular weight excluding hydrogens is 336 g/mol. The number of nitrogens with zero attached hydrogens (tertiary/aromatic N) is 6. The maximum absolute atomic E-state index is 9.47. The van der Waals surface area contributed by atoms with Crippen LogP contribution in [0.25, 0.3) is 17.1 Å². The van der Waals surface area contributed by atoms with Crippen LogP contribution in [0.2, 0.25) is 0 Å². The van der Waals surface area contributed by atoms with Gasteiger partial charge in [-0.1, -0.05) is 41.5 Å². The van der Waals surface area contributed by atoms with Crippen LogP contribution in [0.1, 0.15) is 58.8 Å². The van der Waals surface area contributed by atoms with Gasteiger partial charge in [0.15, 0.2) is 5.82 Å². The Hall–Kier alpha value is -3.07. The monoisotopic (exact) mass is 360 g/mol. The lowest BCUT2D eigenvalue weighted by Crippen LogP contribution is -2.24. The SMILES string of the molecule is CC(C)(C)c1nc(-c2cc(C#N)cc(-n3cccn3)c2)nc(C(C)(C)C)n1. The molecule has 0 spiro atoms. The van der Waals surface area contributed by atoms with Crippen molar-refractivity contribution >= 4 is 0 Å². The predicted octanol–water partition coefficient (Wildman–Crippen LogP) is 4.19. The predicted molar refractivity (Wildman–Crippen MR) is 105 cm³/mol. The molecule has 0 amide bonds. The Kier molecular flexibility index (Phi) is 4.56. The van der Waals surface area contributed by atoms with Crippen LogP contribution in [0.4, 0.5) is 0 Å². The molecule has 6 heteroatoms. The quantitative estimate of drug-likeness (QED) is 0.684. The van der Waals surface area contributed by atoms with Crippen molar-refractivity contribution in [2.45, 2.75) is 52.4 Å². The number of aromatic nitrogens is 5. The summed E-state index contributed by atoms with van der Waals surface area (Å²) in [7, 11) is 0. The fraction of sp³-hybridized carbons (Fsp3) is 0.381. The summed E-state index contributed by atoms with van der Waals surface area (Å²) in [5, 5.41) is 13.7. The maximum Gasteiger partial charge on any atom is 0.163 e. The molecule has 0 saturated carbocycles. The molecule has 0 saturated heterocycles. The van der Waals surface area contributed by atoms with Gasteiger partial charge in [-0.2, -0.15) is 10.4 Å². The number of rotatable bonds is 2. The minimum absolute atomic E-state index is 0.213. The van der Waals surface area contributed by atoms with Gasteiger partial charge in [-0.25, -0.2) is 19.6 Å². The van der Waals surface area contributed by atoms with Crippen LogP contribution in [0.15, 0.2) is 36.7 Å². The molecular formula is C21H24N6. The van der Waals surface area contributed by atoms with Crippen molar-refractivity contribution < 1.29 is 0 Å². The average Bonchev–Trinajstić information content (AvgIpc) is 3.14. The molecule has 2 aromatic heterocycles. The van der Waals surface area contributed by atoms with Crippen LogP contribution in [-0.2, 0) is 10.8 Å². The third-order valence-corrected chi connectivity index (χ3v) is 4.05. The molecule has 0 aliphatic carbocycles. The van der Waals surface area contributed by atoms with E-state index in [0.717, 1.165) is 22.9 Å². The minimum Gasteiger partial charge on any atom is -0.241 e. The molecule has 0 fully saturated rings. The first-order valence-electron chi connectivity index (χ1n) is 8.90. The first-order valence-corrected chi connectivity index (χ1v) is 8.90. The van der Waals surface area contributed by atoms with E-state index < -0.39 is 0 Å². The maximum atomic E-state index is 9.47. The van der Waals surface area contributed by atoms with E-state index in [0.29, 0.717) is 11.4 Å². The van der Waals surface area contributed by atoms with Crippen molar-refractivity contribution in [1.29, 1.82) is 5.26 Å². The molecule has 3 aromatic rings. The van der Waals surface area contributed by atoms with Gasteiger partial charge in [-0.3, -0.25) is 0 Å². The highest BCUT2D eigenvalue weighted by Gasteiger charge is 2.25. The lowest BCUT2D eigenvalue weighted by Gasteiger charge is -2.22. The van der Waals surface area contributed by atoms with E-state index in [1.165, 1.54) is 0 Å². The van der Waals surface area contributed by atoms with Crippen molar-refractivity contribution in [1.82, 2.24) is 24.7 Å². The molecule has 6 nitrogen and oxygen atoms in total. The van der Waals surface area contributed by atoms with Crippen LogP contribution in [-0.4, -0.2) is 24.7 Å². The summed E-state index contributed by atoms with van der Waals surface area (Å²) in [6.07, 6.45) is 3.55. The highest BCUT2D eigenvalue weighted by Crippen LogP contribution is 2.28. The highest BCUT2D eigenvalue weighted by atomic mass is 15.3. The Morgan fingerprint density at radius 1 is 0.889 bits per heavy atom. The fourth-order valence-corrected chi connectivity index (χ4v) is 2.53. The summed E-state index contributed by atoms with van der Waals surface area (Å²) in [6.45, 7) is 12.5. The molecule has 0 radical (unpaired) electrons. The van der Waals surface area contributed by atoms with E-state index in [1.807, 2.05) is 18.3 Å². The van der Waals surface area contributed by atoms with Crippen LogP contribution in [0.5, 0.6) is 0 Å². The summed E-state index contributed by atoms with van der Waals surface area (Å²) in [5.41, 5.74) is 1.68. The van der Waals surface area contributed by atoms with Crippen LogP contribution in [0.3, 0.4) is 0 Å². The van der Waals surface area contributed by atoms with Crippen LogP contribution < -0.4 is 0 Å². The van der Waals surface area contributed by atoms with Crippen LogP contribution >= 0.6 is 0 Å². The average molecular weight is 360 g/mol. The first-order chi connectivity index (χ1) is 12.6. The lowest BCUT2D eigenvalue weighted by molar-refractivity contribution is 0.497. The van der Waals surface area contributed by atoms with Gasteiger partial charge in [0.1, 0.15) is 11.6 Å². The van der Waals surface area contributed by atoms with Gasteiger partial charge < -0.3 is 0 Å². The normalized spacial score (nSPS) is 12.0.